The number of nitrogens with one attached hydrogen (secondary N) is 1. The second-order valence-corrected chi connectivity index (χ2v) is 6.76. The third kappa shape index (κ3) is 3.85. The number of anilines is 2. The van der Waals surface area contributed by atoms with E-state index in [1.807, 2.05) is 6.92 Å². The lowest BCUT2D eigenvalue weighted by Gasteiger charge is -2.20. The first-order valence-corrected chi connectivity index (χ1v) is 8.85. The molecule has 0 spiro atoms. The number of carbonyl (C=O) groups excluding carboxylic acids is 2. The Labute approximate surface area is 152 Å². The van der Waals surface area contributed by atoms with Gasteiger partial charge in [-0.05, 0) is 30.7 Å². The van der Waals surface area contributed by atoms with Gasteiger partial charge in [0, 0.05) is 12.8 Å². The van der Waals surface area contributed by atoms with Crippen LogP contribution in [0.3, 0.4) is 0 Å². The molecule has 3 N–H and O–H groups in total. The largest absolute Gasteiger partial charge is 0.368 e. The molecule has 0 fully saturated rings. The quantitative estimate of drug-likeness (QED) is 0.796. The van der Waals surface area contributed by atoms with Crippen LogP contribution < -0.4 is 16.1 Å². The molecule has 8 nitrogen and oxygen atoms in total. The van der Waals surface area contributed by atoms with Crippen molar-refractivity contribution in [1.82, 2.24) is 10.2 Å². The summed E-state index contributed by atoms with van der Waals surface area (Å²) in [6.45, 7) is 2.03. The van der Waals surface area contributed by atoms with Crippen molar-refractivity contribution in [1.29, 1.82) is 0 Å². The van der Waals surface area contributed by atoms with Crippen LogP contribution in [0.5, 0.6) is 0 Å². The van der Waals surface area contributed by atoms with Gasteiger partial charge in [-0.25, -0.2) is 4.39 Å². The third-order valence-electron chi connectivity index (χ3n) is 3.74. The van der Waals surface area contributed by atoms with Gasteiger partial charge in [-0.1, -0.05) is 18.3 Å². The van der Waals surface area contributed by atoms with Crippen LogP contribution in [0.2, 0.25) is 0 Å². The van der Waals surface area contributed by atoms with Crippen LogP contribution in [-0.4, -0.2) is 33.8 Å². The van der Waals surface area contributed by atoms with Crippen LogP contribution >= 0.6 is 11.3 Å². The molecule has 2 amide bonds. The molecule has 1 aliphatic rings. The van der Waals surface area contributed by atoms with Gasteiger partial charge < -0.3 is 5.73 Å². The molecule has 3 rings (SSSR count). The molecular formula is C16H17FN6O2S. The highest BCUT2D eigenvalue weighted by Gasteiger charge is 2.35. The molecule has 0 radical (unpaired) electrons. The number of hydrazone groups is 1. The zero-order chi connectivity index (χ0) is 18.7. The van der Waals surface area contributed by atoms with E-state index >= 15 is 0 Å². The van der Waals surface area contributed by atoms with E-state index in [1.165, 1.54) is 40.6 Å². The Morgan fingerprint density at radius 3 is 2.73 bits per heavy atom. The third-order valence-corrected chi connectivity index (χ3v) is 4.64. The van der Waals surface area contributed by atoms with Crippen LogP contribution in [0.25, 0.3) is 0 Å². The monoisotopic (exact) mass is 376 g/mol. The minimum absolute atomic E-state index is 0.0547. The zero-order valence-corrected chi connectivity index (χ0v) is 14.8. The summed E-state index contributed by atoms with van der Waals surface area (Å²) in [6.07, 6.45) is 1.78. The maximum atomic E-state index is 13.1. The van der Waals surface area contributed by atoms with Crippen molar-refractivity contribution in [2.24, 2.45) is 10.8 Å². The molecule has 1 atom stereocenters. The Bertz CT molecular complexity index is 851. The normalized spacial score (nSPS) is 16.5. The average molecular weight is 376 g/mol. The number of rotatable bonds is 6. The highest BCUT2D eigenvalue weighted by atomic mass is 32.1. The van der Waals surface area contributed by atoms with Gasteiger partial charge in [-0.15, -0.1) is 10.2 Å². The van der Waals surface area contributed by atoms with Gasteiger partial charge in [0.1, 0.15) is 22.6 Å². The Morgan fingerprint density at radius 1 is 1.35 bits per heavy atom. The standard InChI is InChI=1S/C16H17FN6O2S/c1-2-3-13-20-21-16(26-13)19-15(25)11-8-12(14(18)24)23(22-11)10-6-4-9(17)5-7-10/h4-7,12H,2-3,8H2,1H3,(H2,18,24)(H,19,21,25). The van der Waals surface area contributed by atoms with Crippen molar-refractivity contribution in [3.05, 3.63) is 35.1 Å². The fourth-order valence-electron chi connectivity index (χ4n) is 2.49. The van der Waals surface area contributed by atoms with Gasteiger partial charge in [-0.2, -0.15) is 5.10 Å². The summed E-state index contributed by atoms with van der Waals surface area (Å²) in [4.78, 5) is 24.2. The van der Waals surface area contributed by atoms with Crippen molar-refractivity contribution >= 4 is 39.7 Å². The first kappa shape index (κ1) is 17.9. The molecule has 1 aromatic carbocycles. The maximum absolute atomic E-state index is 13.1. The molecule has 1 aromatic heterocycles. The number of benzene rings is 1. The van der Waals surface area contributed by atoms with E-state index in [2.05, 4.69) is 20.6 Å². The highest BCUT2D eigenvalue weighted by Crippen LogP contribution is 2.25. The number of hydrogen-bond acceptors (Lipinski definition) is 7. The number of nitrogens with two attached hydrogens (primary N) is 1. The van der Waals surface area contributed by atoms with Crippen molar-refractivity contribution in [3.8, 4) is 0 Å². The van der Waals surface area contributed by atoms with E-state index in [0.29, 0.717) is 10.8 Å². The first-order valence-electron chi connectivity index (χ1n) is 8.03. The number of amides is 2. The first-order chi connectivity index (χ1) is 12.5. The summed E-state index contributed by atoms with van der Waals surface area (Å²) in [5, 5.41) is 17.3. The van der Waals surface area contributed by atoms with Gasteiger partial charge in [0.15, 0.2) is 0 Å². The number of carbonyl (C=O) groups is 2. The Kier molecular flexibility index (Phi) is 5.21. The number of primary amides is 1. The van der Waals surface area contributed by atoms with Crippen LogP contribution in [0.1, 0.15) is 24.8 Å². The molecule has 2 aromatic rings. The van der Waals surface area contributed by atoms with Crippen LogP contribution in [0.4, 0.5) is 15.2 Å². The van der Waals surface area contributed by atoms with Gasteiger partial charge in [0.05, 0.1) is 5.69 Å². The molecule has 0 saturated heterocycles. The van der Waals surface area contributed by atoms with E-state index in [1.54, 1.807) is 0 Å². The molecule has 0 aliphatic carbocycles. The number of aromatic nitrogens is 2. The lowest BCUT2D eigenvalue weighted by Crippen LogP contribution is -2.39. The Morgan fingerprint density at radius 2 is 2.08 bits per heavy atom. The van der Waals surface area contributed by atoms with E-state index < -0.39 is 23.7 Å². The summed E-state index contributed by atoms with van der Waals surface area (Å²) in [5.74, 6) is -1.51. The topological polar surface area (TPSA) is 114 Å². The average Bonchev–Trinajstić information content (AvgIpc) is 3.23. The van der Waals surface area contributed by atoms with E-state index in [-0.39, 0.29) is 12.1 Å². The summed E-state index contributed by atoms with van der Waals surface area (Å²) in [6, 6.07) is 4.62. The molecule has 0 saturated carbocycles. The fourth-order valence-corrected chi connectivity index (χ4v) is 3.33. The van der Waals surface area contributed by atoms with Crippen LogP contribution in [0, 0.1) is 5.82 Å². The van der Waals surface area contributed by atoms with Gasteiger partial charge in [0.2, 0.25) is 11.0 Å². The van der Waals surface area contributed by atoms with Gasteiger partial charge in [0.25, 0.3) is 5.91 Å². The summed E-state index contributed by atoms with van der Waals surface area (Å²) in [7, 11) is 0. The number of hydrogen-bond donors (Lipinski definition) is 2. The van der Waals surface area contributed by atoms with Crippen molar-refractivity contribution in [2.45, 2.75) is 32.2 Å². The molecule has 1 unspecified atom stereocenters. The van der Waals surface area contributed by atoms with E-state index in [9.17, 15) is 14.0 Å². The van der Waals surface area contributed by atoms with E-state index in [0.717, 1.165) is 17.8 Å². The summed E-state index contributed by atoms with van der Waals surface area (Å²) in [5.41, 5.74) is 6.04. The second kappa shape index (κ2) is 7.56. The van der Waals surface area contributed by atoms with Crippen molar-refractivity contribution in [3.63, 3.8) is 0 Å². The fraction of sp³-hybridized carbons (Fsp3) is 0.312. The molecule has 2 heterocycles. The van der Waals surface area contributed by atoms with E-state index in [4.69, 9.17) is 5.73 Å². The molecule has 0 bridgehead atoms. The number of halogens is 1. The summed E-state index contributed by atoms with van der Waals surface area (Å²) < 4.78 is 13.1. The zero-order valence-electron chi connectivity index (χ0n) is 14.0. The molecule has 10 heteroatoms. The SMILES string of the molecule is CCCc1nnc(NC(=O)C2=NN(c3ccc(F)cc3)C(C(N)=O)C2)s1. The second-order valence-electron chi connectivity index (χ2n) is 5.70. The minimum atomic E-state index is -0.814. The Hall–Kier alpha value is -2.88. The molecular weight excluding hydrogens is 359 g/mol. The lowest BCUT2D eigenvalue weighted by molar-refractivity contribution is -0.119. The predicted molar refractivity (Wildman–Crippen MR) is 96.4 cm³/mol. The minimum Gasteiger partial charge on any atom is -0.368 e. The predicted octanol–water partition coefficient (Wildman–Crippen LogP) is 1.69. The molecule has 26 heavy (non-hydrogen) atoms. The van der Waals surface area contributed by atoms with Gasteiger partial charge >= 0.3 is 0 Å². The number of nitrogens with zero attached hydrogens (tertiary/aromatic N) is 4. The van der Waals surface area contributed by atoms with Crippen LogP contribution in [0.15, 0.2) is 29.4 Å². The van der Waals surface area contributed by atoms with Crippen molar-refractivity contribution in [2.75, 3.05) is 10.3 Å². The Balaban J connectivity index is 1.77. The number of aryl methyl sites for hydroxylation is 1. The van der Waals surface area contributed by atoms with Gasteiger partial charge in [-0.3, -0.25) is 19.9 Å². The van der Waals surface area contributed by atoms with Crippen molar-refractivity contribution < 1.29 is 14.0 Å². The smallest absolute Gasteiger partial charge is 0.273 e. The lowest BCUT2D eigenvalue weighted by atomic mass is 10.1. The van der Waals surface area contributed by atoms with Crippen LogP contribution in [-0.2, 0) is 16.0 Å². The summed E-state index contributed by atoms with van der Waals surface area (Å²) >= 11 is 1.29. The molecule has 136 valence electrons. The highest BCUT2D eigenvalue weighted by molar-refractivity contribution is 7.15. The molecule has 1 aliphatic heterocycles. The maximum Gasteiger partial charge on any atom is 0.273 e.